The highest BCUT2D eigenvalue weighted by atomic mass is 16.6. The molecular formula is C30H52O8. The summed E-state index contributed by atoms with van der Waals surface area (Å²) in [4.78, 5) is 24.1. The van der Waals surface area contributed by atoms with Gasteiger partial charge in [0, 0.05) is 0 Å². The average molecular weight is 541 g/mol. The summed E-state index contributed by atoms with van der Waals surface area (Å²) in [6, 6.07) is 0. The Morgan fingerprint density at radius 3 is 1.11 bits per heavy atom. The minimum absolute atomic E-state index is 0.0801. The first-order chi connectivity index (χ1) is 17.5. The molecule has 8 nitrogen and oxygen atoms in total. The van der Waals surface area contributed by atoms with Crippen molar-refractivity contribution in [3.8, 4) is 0 Å². The van der Waals surface area contributed by atoms with Crippen molar-refractivity contribution in [3.05, 3.63) is 0 Å². The van der Waals surface area contributed by atoms with Gasteiger partial charge in [-0.05, 0) is 75.0 Å². The molecule has 8 heteroatoms. The third-order valence-electron chi connectivity index (χ3n) is 10.8. The maximum Gasteiger partial charge on any atom is 0.312 e. The summed E-state index contributed by atoms with van der Waals surface area (Å²) < 4.78 is 12.7. The van der Waals surface area contributed by atoms with E-state index in [-0.39, 0.29) is 36.9 Å². The summed E-state index contributed by atoms with van der Waals surface area (Å²) in [5.74, 6) is -1.09. The van der Waals surface area contributed by atoms with Crippen LogP contribution in [0.15, 0.2) is 0 Å². The smallest absolute Gasteiger partial charge is 0.312 e. The Labute approximate surface area is 228 Å². The van der Waals surface area contributed by atoms with E-state index in [0.717, 1.165) is 25.7 Å². The maximum absolute atomic E-state index is 12.1. The van der Waals surface area contributed by atoms with Gasteiger partial charge in [0.1, 0.15) is 10.8 Å². The molecule has 2 saturated heterocycles. The van der Waals surface area contributed by atoms with Gasteiger partial charge in [-0.1, -0.05) is 55.4 Å². The second kappa shape index (κ2) is 10.3. The number of carbonyl (C=O) groups is 2. The Hall–Kier alpha value is -1.22. The second-order valence-electron chi connectivity index (χ2n) is 13.9. The van der Waals surface area contributed by atoms with Gasteiger partial charge in [0.25, 0.3) is 0 Å². The molecule has 0 spiro atoms. The van der Waals surface area contributed by atoms with Crippen molar-refractivity contribution in [2.45, 2.75) is 129 Å². The Bertz CT molecular complexity index is 809. The maximum atomic E-state index is 12.1. The molecule has 4 N–H and O–H groups in total. The number of ether oxygens (including phenoxy) is 2. The van der Waals surface area contributed by atoms with Gasteiger partial charge in [0.05, 0.1) is 35.6 Å². The van der Waals surface area contributed by atoms with Crippen molar-refractivity contribution < 1.29 is 39.5 Å². The molecule has 4 atom stereocenters. The molecule has 4 aliphatic rings. The number of carboxylic acids is 2. The van der Waals surface area contributed by atoms with Crippen molar-refractivity contribution in [1.82, 2.24) is 0 Å². The van der Waals surface area contributed by atoms with Gasteiger partial charge < -0.3 is 29.9 Å². The van der Waals surface area contributed by atoms with Crippen LogP contribution in [0.1, 0.15) is 107 Å². The van der Waals surface area contributed by atoms with Crippen molar-refractivity contribution in [2.75, 3.05) is 13.2 Å². The zero-order valence-electron chi connectivity index (χ0n) is 24.8. The van der Waals surface area contributed by atoms with Crippen LogP contribution in [-0.4, -0.2) is 68.0 Å². The van der Waals surface area contributed by atoms with E-state index in [0.29, 0.717) is 25.7 Å². The summed E-state index contributed by atoms with van der Waals surface area (Å²) in [5.41, 5.74) is -4.36. The van der Waals surface area contributed by atoms with Crippen LogP contribution in [0.3, 0.4) is 0 Å². The molecule has 2 aliphatic heterocycles. The molecule has 0 aromatic heterocycles. The van der Waals surface area contributed by atoms with Crippen LogP contribution in [0, 0.1) is 34.5 Å². The molecule has 38 heavy (non-hydrogen) atoms. The van der Waals surface area contributed by atoms with Crippen LogP contribution in [0.5, 0.6) is 0 Å². The highest BCUT2D eigenvalue weighted by Gasteiger charge is 2.73. The van der Waals surface area contributed by atoms with Gasteiger partial charge in [-0.3, -0.25) is 9.59 Å². The second-order valence-corrected chi connectivity index (χ2v) is 13.9. The predicted molar refractivity (Wildman–Crippen MR) is 144 cm³/mol. The summed E-state index contributed by atoms with van der Waals surface area (Å²) in [5, 5.41) is 39.3. The molecule has 4 bridgehead atoms. The van der Waals surface area contributed by atoms with Crippen LogP contribution in [0.2, 0.25) is 0 Å². The number of carboxylic acid groups (broad SMARTS) is 2. The number of hydrogen-bond acceptors (Lipinski definition) is 6. The summed E-state index contributed by atoms with van der Waals surface area (Å²) in [6.45, 7) is 16.1. The van der Waals surface area contributed by atoms with Crippen molar-refractivity contribution >= 4 is 11.9 Å². The fourth-order valence-corrected chi connectivity index (χ4v) is 9.68. The summed E-state index contributed by atoms with van der Waals surface area (Å²) in [7, 11) is 0. The number of aliphatic hydroxyl groups excluding tert-OH is 2. The van der Waals surface area contributed by atoms with Crippen molar-refractivity contribution in [3.63, 3.8) is 0 Å². The highest BCUT2D eigenvalue weighted by molar-refractivity contribution is 5.78. The van der Waals surface area contributed by atoms with E-state index in [1.54, 1.807) is 0 Å². The van der Waals surface area contributed by atoms with E-state index in [4.69, 9.17) is 9.47 Å². The van der Waals surface area contributed by atoms with Crippen molar-refractivity contribution in [1.29, 1.82) is 0 Å². The molecular weight excluding hydrogens is 488 g/mol. The lowest BCUT2D eigenvalue weighted by atomic mass is 9.56. The topological polar surface area (TPSA) is 134 Å². The van der Waals surface area contributed by atoms with Gasteiger partial charge in [-0.15, -0.1) is 0 Å². The molecule has 0 unspecified atom stereocenters. The van der Waals surface area contributed by atoms with Crippen LogP contribution in [0.4, 0.5) is 0 Å². The number of rotatable bonds is 8. The third-order valence-corrected chi connectivity index (χ3v) is 10.8. The lowest BCUT2D eigenvalue weighted by Crippen LogP contribution is -2.57. The van der Waals surface area contributed by atoms with Crippen LogP contribution in [0.25, 0.3) is 0 Å². The molecule has 2 heterocycles. The van der Waals surface area contributed by atoms with Crippen LogP contribution >= 0.6 is 0 Å². The number of hydrogen-bond donors (Lipinski definition) is 4. The molecule has 0 amide bonds. The predicted octanol–water partition coefficient (Wildman–Crippen LogP) is 4.89. The first-order valence-corrected chi connectivity index (χ1v) is 14.6. The van der Waals surface area contributed by atoms with Crippen LogP contribution < -0.4 is 0 Å². The van der Waals surface area contributed by atoms with Gasteiger partial charge in [0.2, 0.25) is 0 Å². The first-order valence-electron chi connectivity index (χ1n) is 14.6. The van der Waals surface area contributed by atoms with E-state index >= 15 is 0 Å². The lowest BCUT2D eigenvalue weighted by Gasteiger charge is -2.47. The van der Waals surface area contributed by atoms with E-state index in [1.165, 1.54) is 0 Å². The fraction of sp³-hybridized carbons (Fsp3) is 0.933. The highest BCUT2D eigenvalue weighted by Crippen LogP contribution is 2.65. The zero-order chi connectivity index (χ0) is 28.9. The molecule has 2 saturated carbocycles. The van der Waals surface area contributed by atoms with Gasteiger partial charge in [-0.25, -0.2) is 0 Å². The minimum atomic E-state index is -0.851. The number of aliphatic carboxylic acids is 2. The van der Waals surface area contributed by atoms with E-state index in [1.807, 2.05) is 55.4 Å². The van der Waals surface area contributed by atoms with Gasteiger partial charge >= 0.3 is 11.9 Å². The molecule has 4 rings (SSSR count). The Balaban J connectivity index is 0.000000211. The largest absolute Gasteiger partial charge is 0.481 e. The molecule has 0 aromatic rings. The molecule has 0 radical (unpaired) electrons. The molecule has 220 valence electrons. The quantitative estimate of drug-likeness (QED) is 0.342. The molecule has 0 aromatic carbocycles. The number of fused-ring (bicyclic) bond motifs is 4. The third kappa shape index (κ3) is 4.07. The molecule has 4 fully saturated rings. The Kier molecular flexibility index (Phi) is 8.50. The van der Waals surface area contributed by atoms with Crippen molar-refractivity contribution in [2.24, 2.45) is 34.5 Å². The van der Waals surface area contributed by atoms with Crippen LogP contribution in [-0.2, 0) is 19.1 Å². The Morgan fingerprint density at radius 2 is 0.895 bits per heavy atom. The lowest BCUT2D eigenvalue weighted by molar-refractivity contribution is -0.195. The Morgan fingerprint density at radius 1 is 0.605 bits per heavy atom. The normalized spacial score (nSPS) is 37.0. The van der Waals surface area contributed by atoms with E-state index in [2.05, 4.69) is 0 Å². The SMILES string of the molecule is CC(C)C1(C(C)C)O[C@]2(CO)CCC[C@@]1(C(=O)O)C2.CC(C)C1(C(C)C)O[C@]2(CO)CCC[C@@]1(C(=O)O)C2. The zero-order valence-corrected chi connectivity index (χ0v) is 24.8. The standard InChI is InChI=1S/2C15H26O4/c2*1-10(2)15(11(3)4)14(12(17)18)7-5-6-13(8-14,9-16)19-15/h2*10-11,16H,5-9H2,1-4H3,(H,17,18)/t2*13-,14+/m11/s1. The summed E-state index contributed by atoms with van der Waals surface area (Å²) >= 11 is 0. The molecule has 2 aliphatic carbocycles. The number of aliphatic hydroxyl groups is 2. The first kappa shape index (κ1) is 31.3. The van der Waals surface area contributed by atoms with Gasteiger partial charge in [-0.2, -0.15) is 0 Å². The monoisotopic (exact) mass is 540 g/mol. The average Bonchev–Trinajstić information content (AvgIpc) is 3.21. The van der Waals surface area contributed by atoms with E-state index < -0.39 is 45.2 Å². The van der Waals surface area contributed by atoms with Gasteiger partial charge in [0.15, 0.2) is 0 Å². The minimum Gasteiger partial charge on any atom is -0.481 e. The fourth-order valence-electron chi connectivity index (χ4n) is 9.68. The van der Waals surface area contributed by atoms with E-state index in [9.17, 15) is 30.0 Å². The summed E-state index contributed by atoms with van der Waals surface area (Å²) in [6.07, 6.45) is 5.35.